The molecule has 9 heteroatoms. The maximum Gasteiger partial charge on any atom is 0.414 e. The summed E-state index contributed by atoms with van der Waals surface area (Å²) < 4.78 is 11.2. The highest BCUT2D eigenvalue weighted by atomic mass is 16.5. The molecule has 0 spiro atoms. The molecule has 0 fully saturated rings. The normalized spacial score (nSPS) is 19.2. The van der Waals surface area contributed by atoms with Gasteiger partial charge in [-0.3, -0.25) is 0 Å². The van der Waals surface area contributed by atoms with E-state index in [1.807, 2.05) is 32.0 Å². The van der Waals surface area contributed by atoms with E-state index in [2.05, 4.69) is 5.32 Å². The SMILES string of the molecule is CO[C@@H]1c2cccc(OCC(O)CNC(C)C)c2CC[C@H]1O.O=C(O)C(=O)O. The quantitative estimate of drug-likeness (QED) is 0.415. The van der Waals surface area contributed by atoms with Crippen molar-refractivity contribution in [2.45, 2.75) is 51.0 Å². The molecule has 158 valence electrons. The Kier molecular flexibility index (Phi) is 9.88. The Morgan fingerprint density at radius 3 is 2.43 bits per heavy atom. The second-order valence-electron chi connectivity index (χ2n) is 6.72. The summed E-state index contributed by atoms with van der Waals surface area (Å²) in [5, 5.41) is 37.9. The first kappa shape index (κ1) is 23.8. The molecule has 28 heavy (non-hydrogen) atoms. The molecule has 0 saturated carbocycles. The van der Waals surface area contributed by atoms with Crippen LogP contribution in [0.5, 0.6) is 5.75 Å². The second kappa shape index (κ2) is 11.6. The van der Waals surface area contributed by atoms with E-state index in [-0.39, 0.29) is 12.7 Å². The molecule has 0 saturated heterocycles. The van der Waals surface area contributed by atoms with Gasteiger partial charge < -0.3 is 35.2 Å². The highest BCUT2D eigenvalue weighted by Crippen LogP contribution is 2.37. The van der Waals surface area contributed by atoms with Crippen LogP contribution >= 0.6 is 0 Å². The van der Waals surface area contributed by atoms with Crippen molar-refractivity contribution in [1.82, 2.24) is 5.32 Å². The lowest BCUT2D eigenvalue weighted by atomic mass is 9.87. The maximum absolute atomic E-state index is 10.0. The molecule has 9 nitrogen and oxygen atoms in total. The fraction of sp³-hybridized carbons (Fsp3) is 0.579. The van der Waals surface area contributed by atoms with E-state index in [1.165, 1.54) is 0 Å². The van der Waals surface area contributed by atoms with Crippen LogP contribution in [-0.4, -0.2) is 70.9 Å². The summed E-state index contributed by atoms with van der Waals surface area (Å²) in [4.78, 5) is 18.2. The molecule has 0 radical (unpaired) electrons. The zero-order valence-electron chi connectivity index (χ0n) is 16.3. The Morgan fingerprint density at radius 1 is 1.25 bits per heavy atom. The van der Waals surface area contributed by atoms with Gasteiger partial charge in [-0.1, -0.05) is 26.0 Å². The van der Waals surface area contributed by atoms with Crippen LogP contribution in [0.3, 0.4) is 0 Å². The Morgan fingerprint density at radius 2 is 1.89 bits per heavy atom. The van der Waals surface area contributed by atoms with Crippen LogP contribution in [0, 0.1) is 0 Å². The number of ether oxygens (including phenoxy) is 2. The number of rotatable bonds is 7. The van der Waals surface area contributed by atoms with Gasteiger partial charge >= 0.3 is 11.9 Å². The zero-order valence-corrected chi connectivity index (χ0v) is 16.3. The van der Waals surface area contributed by atoms with Crippen LogP contribution in [0.2, 0.25) is 0 Å². The number of nitrogens with one attached hydrogen (secondary N) is 1. The number of aliphatic hydroxyl groups excluding tert-OH is 2. The summed E-state index contributed by atoms with van der Waals surface area (Å²) in [7, 11) is 1.61. The van der Waals surface area contributed by atoms with Gasteiger partial charge in [0.2, 0.25) is 0 Å². The molecule has 3 atom stereocenters. The fourth-order valence-electron chi connectivity index (χ4n) is 2.80. The van der Waals surface area contributed by atoms with Crippen molar-refractivity contribution >= 4 is 11.9 Å². The zero-order chi connectivity index (χ0) is 21.3. The average molecular weight is 399 g/mol. The lowest BCUT2D eigenvalue weighted by Crippen LogP contribution is -2.35. The topological polar surface area (TPSA) is 146 Å². The van der Waals surface area contributed by atoms with Gasteiger partial charge in [0.05, 0.1) is 6.10 Å². The van der Waals surface area contributed by atoms with E-state index >= 15 is 0 Å². The molecule has 0 amide bonds. The third kappa shape index (κ3) is 7.43. The van der Waals surface area contributed by atoms with E-state index in [0.29, 0.717) is 19.0 Å². The number of carboxylic acid groups (broad SMARTS) is 2. The first-order valence-electron chi connectivity index (χ1n) is 9.00. The third-order valence-corrected chi connectivity index (χ3v) is 4.15. The summed E-state index contributed by atoms with van der Waals surface area (Å²) >= 11 is 0. The van der Waals surface area contributed by atoms with Crippen molar-refractivity contribution in [3.8, 4) is 5.75 Å². The van der Waals surface area contributed by atoms with E-state index in [0.717, 1.165) is 23.3 Å². The van der Waals surface area contributed by atoms with Crippen LogP contribution in [0.25, 0.3) is 0 Å². The molecule has 1 aromatic carbocycles. The Labute approximate surface area is 163 Å². The molecular weight excluding hydrogens is 370 g/mol. The third-order valence-electron chi connectivity index (χ3n) is 4.15. The van der Waals surface area contributed by atoms with Gasteiger partial charge in [0.25, 0.3) is 0 Å². The van der Waals surface area contributed by atoms with Crippen LogP contribution < -0.4 is 10.1 Å². The van der Waals surface area contributed by atoms with Crippen molar-refractivity contribution in [2.24, 2.45) is 0 Å². The van der Waals surface area contributed by atoms with E-state index < -0.39 is 24.1 Å². The van der Waals surface area contributed by atoms with Gasteiger partial charge in [-0.15, -0.1) is 0 Å². The number of fused-ring (bicyclic) bond motifs is 1. The summed E-state index contributed by atoms with van der Waals surface area (Å²) in [5.41, 5.74) is 2.05. The standard InChI is InChI=1S/C17H27NO4.C2H2O4/c1-11(2)18-9-12(19)10-22-16-6-4-5-14-13(16)7-8-15(20)17(14)21-3;3-1(4)2(5)6/h4-6,11-12,15,17-20H,7-10H2,1-3H3;(H,3,4)(H,5,6)/t12?,15-,17-;/m1./s1. The largest absolute Gasteiger partial charge is 0.491 e. The number of benzene rings is 1. The Bertz CT molecular complexity index is 637. The average Bonchev–Trinajstić information content (AvgIpc) is 2.64. The molecular formula is C19H29NO8. The lowest BCUT2D eigenvalue weighted by Gasteiger charge is -2.30. The van der Waals surface area contributed by atoms with Crippen LogP contribution in [-0.2, 0) is 20.7 Å². The summed E-state index contributed by atoms with van der Waals surface area (Å²) in [6, 6.07) is 6.11. The number of carbonyl (C=O) groups is 2. The molecule has 1 aromatic rings. The Hall–Kier alpha value is -2.20. The van der Waals surface area contributed by atoms with E-state index in [4.69, 9.17) is 29.3 Å². The van der Waals surface area contributed by atoms with Gasteiger partial charge in [0.1, 0.15) is 24.6 Å². The number of methoxy groups -OCH3 is 1. The maximum atomic E-state index is 10.0. The van der Waals surface area contributed by atoms with Gasteiger partial charge in [0.15, 0.2) is 0 Å². The van der Waals surface area contributed by atoms with Crippen molar-refractivity contribution in [1.29, 1.82) is 0 Å². The van der Waals surface area contributed by atoms with Crippen molar-refractivity contribution in [2.75, 3.05) is 20.3 Å². The minimum atomic E-state index is -1.82. The molecule has 2 rings (SSSR count). The van der Waals surface area contributed by atoms with Gasteiger partial charge in [0, 0.05) is 25.3 Å². The van der Waals surface area contributed by atoms with Crippen molar-refractivity contribution < 1.29 is 39.5 Å². The van der Waals surface area contributed by atoms with Crippen LogP contribution in [0.15, 0.2) is 18.2 Å². The first-order chi connectivity index (χ1) is 13.2. The summed E-state index contributed by atoms with van der Waals surface area (Å²) in [6.07, 6.45) is 0.0787. The molecule has 5 N–H and O–H groups in total. The fourth-order valence-corrected chi connectivity index (χ4v) is 2.80. The van der Waals surface area contributed by atoms with Crippen molar-refractivity contribution in [3.05, 3.63) is 29.3 Å². The first-order valence-corrected chi connectivity index (χ1v) is 9.00. The number of hydrogen-bond acceptors (Lipinski definition) is 7. The number of hydrogen-bond donors (Lipinski definition) is 5. The highest BCUT2D eigenvalue weighted by Gasteiger charge is 2.29. The molecule has 1 aliphatic carbocycles. The highest BCUT2D eigenvalue weighted by molar-refractivity contribution is 6.27. The van der Waals surface area contributed by atoms with Crippen LogP contribution in [0.4, 0.5) is 0 Å². The number of carboxylic acids is 2. The summed E-state index contributed by atoms with van der Waals surface area (Å²) in [6.45, 7) is 4.83. The Balaban J connectivity index is 0.000000568. The molecule has 0 aromatic heterocycles. The number of aliphatic carboxylic acids is 2. The van der Waals surface area contributed by atoms with Gasteiger partial charge in [-0.25, -0.2) is 9.59 Å². The molecule has 0 bridgehead atoms. The van der Waals surface area contributed by atoms with Gasteiger partial charge in [-0.05, 0) is 24.5 Å². The van der Waals surface area contributed by atoms with Gasteiger partial charge in [-0.2, -0.15) is 0 Å². The molecule has 0 heterocycles. The minimum absolute atomic E-state index is 0.246. The molecule has 1 unspecified atom stereocenters. The lowest BCUT2D eigenvalue weighted by molar-refractivity contribution is -0.159. The predicted molar refractivity (Wildman–Crippen MR) is 100 cm³/mol. The minimum Gasteiger partial charge on any atom is -0.491 e. The monoisotopic (exact) mass is 399 g/mol. The smallest absolute Gasteiger partial charge is 0.414 e. The van der Waals surface area contributed by atoms with Crippen LogP contribution in [0.1, 0.15) is 37.5 Å². The second-order valence-corrected chi connectivity index (χ2v) is 6.72. The summed E-state index contributed by atoms with van der Waals surface area (Å²) in [5.74, 6) is -2.87. The molecule has 1 aliphatic rings. The molecule has 0 aliphatic heterocycles. The predicted octanol–water partition coefficient (Wildman–Crippen LogP) is 0.575. The van der Waals surface area contributed by atoms with Crippen molar-refractivity contribution in [3.63, 3.8) is 0 Å². The van der Waals surface area contributed by atoms with E-state index in [9.17, 15) is 10.2 Å². The van der Waals surface area contributed by atoms with E-state index in [1.54, 1.807) is 7.11 Å². The number of aliphatic hydroxyl groups is 2.